The number of esters is 2. The van der Waals surface area contributed by atoms with Crippen molar-refractivity contribution in [2.75, 3.05) is 25.1 Å². The smallest absolute Gasteiger partial charge is 0.328 e. The van der Waals surface area contributed by atoms with Gasteiger partial charge in [-0.3, -0.25) is 14.4 Å². The molecule has 0 saturated heterocycles. The van der Waals surface area contributed by atoms with E-state index in [4.69, 9.17) is 9.47 Å². The van der Waals surface area contributed by atoms with Crippen LogP contribution in [0.25, 0.3) is 0 Å². The molecule has 0 amide bonds. The fourth-order valence-electron chi connectivity index (χ4n) is 4.46. The Kier molecular flexibility index (Phi) is 10.5. The van der Waals surface area contributed by atoms with Crippen LogP contribution in [0.2, 0.25) is 0 Å². The molecule has 1 aliphatic rings. The lowest BCUT2D eigenvalue weighted by Crippen LogP contribution is -2.35. The third-order valence-electron chi connectivity index (χ3n) is 6.16. The van der Waals surface area contributed by atoms with Gasteiger partial charge in [0.25, 0.3) is 0 Å². The van der Waals surface area contributed by atoms with Gasteiger partial charge in [0.2, 0.25) is 5.92 Å². The van der Waals surface area contributed by atoms with Crippen LogP contribution in [0.1, 0.15) is 76.1 Å². The van der Waals surface area contributed by atoms with Gasteiger partial charge in [-0.1, -0.05) is 45.4 Å². The van der Waals surface area contributed by atoms with Crippen LogP contribution in [0, 0.1) is 17.8 Å². The summed E-state index contributed by atoms with van der Waals surface area (Å²) in [6.45, 7) is 6.60. The van der Waals surface area contributed by atoms with Crippen molar-refractivity contribution in [3.8, 4) is 0 Å². The van der Waals surface area contributed by atoms with Crippen molar-refractivity contribution in [1.82, 2.24) is 0 Å². The highest BCUT2D eigenvalue weighted by molar-refractivity contribution is 6.20. The second kappa shape index (κ2) is 13.1. The molecule has 172 valence electrons. The molecule has 1 saturated carbocycles. The summed E-state index contributed by atoms with van der Waals surface area (Å²) in [5, 5.41) is 3.44. The van der Waals surface area contributed by atoms with Gasteiger partial charge in [0, 0.05) is 17.8 Å². The summed E-state index contributed by atoms with van der Waals surface area (Å²) >= 11 is 0. The van der Waals surface area contributed by atoms with E-state index in [9.17, 15) is 14.4 Å². The van der Waals surface area contributed by atoms with E-state index in [0.29, 0.717) is 0 Å². The molecule has 1 fully saturated rings. The van der Waals surface area contributed by atoms with Gasteiger partial charge in [0.15, 0.2) is 5.78 Å². The average Bonchev–Trinajstić information content (AvgIpc) is 2.78. The number of Topliss-reactive ketones (excluding diaryl/α,β-unsaturated/α-hetero) is 1. The Morgan fingerprint density at radius 3 is 2.03 bits per heavy atom. The number of ether oxygens (including phenoxy) is 2. The zero-order chi connectivity index (χ0) is 22.6. The molecule has 1 aromatic carbocycles. The molecule has 0 radical (unpaired) electrons. The van der Waals surface area contributed by atoms with E-state index >= 15 is 0 Å². The Bertz CT molecular complexity index is 691. The summed E-state index contributed by atoms with van der Waals surface area (Å²) in [4.78, 5) is 37.1. The highest BCUT2D eigenvalue weighted by Crippen LogP contribution is 2.33. The first-order chi connectivity index (χ1) is 15.0. The number of rotatable bonds is 12. The minimum absolute atomic E-state index is 0.0878. The summed E-state index contributed by atoms with van der Waals surface area (Å²) < 4.78 is 9.80. The molecule has 0 bridgehead atoms. The first-order valence-corrected chi connectivity index (χ1v) is 11.7. The highest BCUT2D eigenvalue weighted by Gasteiger charge is 2.37. The molecule has 1 unspecified atom stereocenters. The molecule has 31 heavy (non-hydrogen) atoms. The molecular weight excluding hydrogens is 394 g/mol. The second-order valence-electron chi connectivity index (χ2n) is 8.16. The maximum Gasteiger partial charge on any atom is 0.328 e. The third-order valence-corrected chi connectivity index (χ3v) is 6.16. The van der Waals surface area contributed by atoms with Crippen LogP contribution in [0.4, 0.5) is 5.69 Å². The molecule has 0 spiro atoms. The zero-order valence-electron chi connectivity index (χ0n) is 19.2. The topological polar surface area (TPSA) is 81.7 Å². The zero-order valence-corrected chi connectivity index (χ0v) is 19.2. The van der Waals surface area contributed by atoms with Gasteiger partial charge in [0.05, 0.1) is 13.2 Å². The Hall–Kier alpha value is -2.37. The van der Waals surface area contributed by atoms with Gasteiger partial charge >= 0.3 is 11.9 Å². The molecule has 1 aliphatic carbocycles. The van der Waals surface area contributed by atoms with E-state index in [1.807, 2.05) is 12.1 Å². The highest BCUT2D eigenvalue weighted by atomic mass is 16.6. The van der Waals surface area contributed by atoms with Crippen molar-refractivity contribution in [2.45, 2.75) is 65.7 Å². The maximum absolute atomic E-state index is 12.8. The molecule has 1 aromatic rings. The Balaban J connectivity index is 1.95. The average molecular weight is 432 g/mol. The lowest BCUT2D eigenvalue weighted by Gasteiger charge is -2.29. The summed E-state index contributed by atoms with van der Waals surface area (Å²) in [6.07, 6.45) is 9.17. The first-order valence-electron chi connectivity index (χ1n) is 11.7. The number of benzene rings is 1. The van der Waals surface area contributed by atoms with Crippen molar-refractivity contribution in [3.05, 3.63) is 29.8 Å². The van der Waals surface area contributed by atoms with Crippen LogP contribution in [0.3, 0.4) is 0 Å². The van der Waals surface area contributed by atoms with E-state index in [1.54, 1.807) is 26.0 Å². The van der Waals surface area contributed by atoms with Gasteiger partial charge in [-0.05, 0) is 56.4 Å². The molecule has 2 rings (SSSR count). The Morgan fingerprint density at radius 2 is 1.52 bits per heavy atom. The van der Waals surface area contributed by atoms with Crippen molar-refractivity contribution in [3.63, 3.8) is 0 Å². The van der Waals surface area contributed by atoms with Crippen molar-refractivity contribution in [2.24, 2.45) is 17.8 Å². The molecule has 1 N–H and O–H groups in total. The number of hydrogen-bond donors (Lipinski definition) is 1. The standard InChI is InChI=1S/C25H37NO5/c1-4-18(19-10-8-7-9-11-19)16-17-26-21-14-12-20(13-15-21)23(27)22(24(28)30-5-2)25(29)31-6-3/h12-15,18-19,22,26H,4-11,16-17H2,1-3H3. The van der Waals surface area contributed by atoms with E-state index < -0.39 is 23.6 Å². The van der Waals surface area contributed by atoms with Crippen molar-refractivity contribution < 1.29 is 23.9 Å². The number of carbonyl (C=O) groups excluding carboxylic acids is 3. The molecule has 0 heterocycles. The number of nitrogens with one attached hydrogen (secondary N) is 1. The van der Waals surface area contributed by atoms with Crippen LogP contribution >= 0.6 is 0 Å². The number of ketones is 1. The predicted molar refractivity (Wildman–Crippen MR) is 121 cm³/mol. The van der Waals surface area contributed by atoms with Gasteiger partial charge in [-0.2, -0.15) is 0 Å². The van der Waals surface area contributed by atoms with Crippen molar-refractivity contribution >= 4 is 23.4 Å². The maximum atomic E-state index is 12.8. The number of hydrogen-bond acceptors (Lipinski definition) is 6. The summed E-state index contributed by atoms with van der Waals surface area (Å²) in [6, 6.07) is 6.88. The normalized spacial score (nSPS) is 15.4. The van der Waals surface area contributed by atoms with Gasteiger partial charge < -0.3 is 14.8 Å². The fourth-order valence-corrected chi connectivity index (χ4v) is 4.46. The van der Waals surface area contributed by atoms with Crippen LogP contribution in [0.5, 0.6) is 0 Å². The molecule has 6 nitrogen and oxygen atoms in total. The van der Waals surface area contributed by atoms with E-state index in [2.05, 4.69) is 12.2 Å². The van der Waals surface area contributed by atoms with Crippen LogP contribution in [-0.4, -0.2) is 37.5 Å². The van der Waals surface area contributed by atoms with Crippen LogP contribution < -0.4 is 5.32 Å². The summed E-state index contributed by atoms with van der Waals surface area (Å²) in [5.74, 6) is -2.33. The lowest BCUT2D eigenvalue weighted by molar-refractivity contribution is -0.158. The van der Waals surface area contributed by atoms with E-state index in [0.717, 1.165) is 30.5 Å². The Labute approximate surface area is 186 Å². The summed E-state index contributed by atoms with van der Waals surface area (Å²) in [5.41, 5.74) is 1.20. The fraction of sp³-hybridized carbons (Fsp3) is 0.640. The Morgan fingerprint density at radius 1 is 0.935 bits per heavy atom. The predicted octanol–water partition coefficient (Wildman–Crippen LogP) is 5.02. The number of carbonyl (C=O) groups is 3. The lowest BCUT2D eigenvalue weighted by atomic mass is 9.77. The molecule has 6 heteroatoms. The second-order valence-corrected chi connectivity index (χ2v) is 8.16. The van der Waals surface area contributed by atoms with Gasteiger partial charge in [-0.25, -0.2) is 0 Å². The molecular formula is C25H37NO5. The molecule has 0 aromatic heterocycles. The van der Waals surface area contributed by atoms with Crippen molar-refractivity contribution in [1.29, 1.82) is 0 Å². The van der Waals surface area contributed by atoms with Crippen LogP contribution in [0.15, 0.2) is 24.3 Å². The third kappa shape index (κ3) is 7.37. The minimum Gasteiger partial charge on any atom is -0.465 e. The largest absolute Gasteiger partial charge is 0.465 e. The molecule has 0 aliphatic heterocycles. The summed E-state index contributed by atoms with van der Waals surface area (Å²) in [7, 11) is 0. The van der Waals surface area contributed by atoms with E-state index in [1.165, 1.54) is 38.5 Å². The van der Waals surface area contributed by atoms with Gasteiger partial charge in [-0.15, -0.1) is 0 Å². The first kappa shape index (κ1) is 24.9. The minimum atomic E-state index is -1.58. The van der Waals surface area contributed by atoms with E-state index in [-0.39, 0.29) is 18.8 Å². The van der Waals surface area contributed by atoms with Crippen LogP contribution in [-0.2, 0) is 19.1 Å². The quantitative estimate of drug-likeness (QED) is 0.284. The number of anilines is 1. The van der Waals surface area contributed by atoms with Gasteiger partial charge in [0.1, 0.15) is 0 Å². The molecule has 1 atom stereocenters. The SMILES string of the molecule is CCOC(=O)C(C(=O)OCC)C(=O)c1ccc(NCCC(CC)C2CCCCC2)cc1. The monoisotopic (exact) mass is 431 g/mol.